The van der Waals surface area contributed by atoms with Gasteiger partial charge in [0, 0.05) is 17.4 Å². The number of carbonyl (C=O) groups is 1. The zero-order chi connectivity index (χ0) is 13.9. The van der Waals surface area contributed by atoms with E-state index in [4.69, 9.17) is 0 Å². The van der Waals surface area contributed by atoms with Crippen molar-refractivity contribution in [1.82, 2.24) is 4.98 Å². The summed E-state index contributed by atoms with van der Waals surface area (Å²) in [7, 11) is 0. The minimum Gasteiger partial charge on any atom is -0.379 e. The lowest BCUT2D eigenvalue weighted by Crippen LogP contribution is -2.25. The number of para-hydroxylation sites is 1. The van der Waals surface area contributed by atoms with E-state index in [0.29, 0.717) is 5.69 Å². The maximum absolute atomic E-state index is 12.0. The first-order valence-electron chi connectivity index (χ1n) is 6.27. The summed E-state index contributed by atoms with van der Waals surface area (Å²) in [5.41, 5.74) is 2.20. The first kappa shape index (κ1) is 13.2. The topological polar surface area (TPSA) is 56.9 Å². The fraction of sp³-hybridized carbons (Fsp3) is 0.267. The van der Waals surface area contributed by atoms with E-state index in [0.717, 1.165) is 11.4 Å². The summed E-state index contributed by atoms with van der Waals surface area (Å²) in [6.07, 6.45) is 1.80. The van der Waals surface area contributed by atoms with Crippen LogP contribution < -0.4 is 10.6 Å². The summed E-state index contributed by atoms with van der Waals surface area (Å²) in [5.74, 6) is -0.145. The molecule has 0 aliphatic heterocycles. The van der Waals surface area contributed by atoms with Crippen LogP contribution in [0.2, 0.25) is 0 Å². The second-order valence-corrected chi connectivity index (χ2v) is 5.50. The number of aromatic nitrogens is 1. The van der Waals surface area contributed by atoms with Crippen LogP contribution in [-0.4, -0.2) is 16.4 Å². The third-order valence-corrected chi connectivity index (χ3v) is 2.48. The van der Waals surface area contributed by atoms with Crippen LogP contribution in [0.15, 0.2) is 42.6 Å². The fourth-order valence-corrected chi connectivity index (χ4v) is 1.75. The van der Waals surface area contributed by atoms with Crippen molar-refractivity contribution in [1.29, 1.82) is 0 Å². The number of carbonyl (C=O) groups excluding carboxylic acids is 1. The molecule has 0 atom stereocenters. The van der Waals surface area contributed by atoms with Crippen molar-refractivity contribution in [3.8, 4) is 0 Å². The number of hydrogen-bond acceptors (Lipinski definition) is 2. The fourth-order valence-electron chi connectivity index (χ4n) is 1.75. The van der Waals surface area contributed by atoms with Gasteiger partial charge in [-0.15, -0.1) is 0 Å². The van der Waals surface area contributed by atoms with Crippen LogP contribution in [0.4, 0.5) is 11.4 Å². The normalized spacial score (nSPS) is 11.1. The van der Waals surface area contributed by atoms with E-state index in [-0.39, 0.29) is 11.4 Å². The standard InChI is InChI=1S/C15H19N3O/c1-15(2,3)18-12-9-13(16-10-12)14(19)17-11-7-5-4-6-8-11/h4-10,16,18H,1-3H3,(H,17,19). The first-order valence-corrected chi connectivity index (χ1v) is 6.27. The van der Waals surface area contributed by atoms with E-state index in [1.807, 2.05) is 36.4 Å². The molecule has 4 nitrogen and oxygen atoms in total. The van der Waals surface area contributed by atoms with Gasteiger partial charge in [0.15, 0.2) is 0 Å². The second kappa shape index (κ2) is 5.18. The highest BCUT2D eigenvalue weighted by Crippen LogP contribution is 2.16. The summed E-state index contributed by atoms with van der Waals surface area (Å²) in [6, 6.07) is 11.2. The van der Waals surface area contributed by atoms with Gasteiger partial charge in [-0.3, -0.25) is 4.79 Å². The Bertz CT molecular complexity index is 552. The van der Waals surface area contributed by atoms with Crippen LogP contribution in [-0.2, 0) is 0 Å². The van der Waals surface area contributed by atoms with Crippen LogP contribution in [0.5, 0.6) is 0 Å². The molecule has 0 aliphatic rings. The molecule has 0 aliphatic carbocycles. The van der Waals surface area contributed by atoms with Gasteiger partial charge in [0.25, 0.3) is 5.91 Å². The molecule has 1 aromatic carbocycles. The molecule has 0 saturated carbocycles. The van der Waals surface area contributed by atoms with Crippen molar-refractivity contribution in [3.05, 3.63) is 48.3 Å². The molecule has 1 aromatic heterocycles. The molecule has 3 N–H and O–H groups in total. The van der Waals surface area contributed by atoms with E-state index < -0.39 is 0 Å². The van der Waals surface area contributed by atoms with Crippen LogP contribution in [0.1, 0.15) is 31.3 Å². The zero-order valence-corrected chi connectivity index (χ0v) is 11.4. The highest BCUT2D eigenvalue weighted by atomic mass is 16.1. The van der Waals surface area contributed by atoms with Crippen LogP contribution in [0.25, 0.3) is 0 Å². The minimum absolute atomic E-state index is 0.0324. The Labute approximate surface area is 113 Å². The van der Waals surface area contributed by atoms with Gasteiger partial charge < -0.3 is 15.6 Å². The summed E-state index contributed by atoms with van der Waals surface area (Å²) in [4.78, 5) is 15.0. The quantitative estimate of drug-likeness (QED) is 0.788. The molecule has 0 fully saturated rings. The summed E-state index contributed by atoms with van der Waals surface area (Å²) in [6.45, 7) is 6.22. The Kier molecular flexibility index (Phi) is 3.60. The summed E-state index contributed by atoms with van der Waals surface area (Å²) >= 11 is 0. The van der Waals surface area contributed by atoms with Crippen molar-refractivity contribution in [2.24, 2.45) is 0 Å². The Morgan fingerprint density at radius 1 is 1.11 bits per heavy atom. The van der Waals surface area contributed by atoms with E-state index >= 15 is 0 Å². The van der Waals surface area contributed by atoms with E-state index in [9.17, 15) is 4.79 Å². The number of rotatable bonds is 3. The van der Waals surface area contributed by atoms with Gasteiger partial charge in [0.1, 0.15) is 5.69 Å². The van der Waals surface area contributed by atoms with Gasteiger partial charge in [-0.1, -0.05) is 18.2 Å². The molecule has 100 valence electrons. The number of anilines is 2. The SMILES string of the molecule is CC(C)(C)Nc1c[nH]c(C(=O)Nc2ccccc2)c1. The number of aromatic amines is 1. The molecular formula is C15H19N3O. The van der Waals surface area contributed by atoms with Gasteiger partial charge >= 0.3 is 0 Å². The van der Waals surface area contributed by atoms with Crippen LogP contribution in [0.3, 0.4) is 0 Å². The molecule has 0 bridgehead atoms. The van der Waals surface area contributed by atoms with E-state index in [1.165, 1.54) is 0 Å². The van der Waals surface area contributed by atoms with Crippen LogP contribution in [0, 0.1) is 0 Å². The Balaban J connectivity index is 2.04. The van der Waals surface area contributed by atoms with Crippen molar-refractivity contribution in [3.63, 3.8) is 0 Å². The van der Waals surface area contributed by atoms with E-state index in [1.54, 1.807) is 6.20 Å². The number of hydrogen-bond donors (Lipinski definition) is 3. The molecule has 19 heavy (non-hydrogen) atoms. The third-order valence-electron chi connectivity index (χ3n) is 2.48. The third kappa shape index (κ3) is 3.88. The molecule has 2 rings (SSSR count). The highest BCUT2D eigenvalue weighted by molar-refractivity contribution is 6.03. The lowest BCUT2D eigenvalue weighted by atomic mass is 10.1. The molecular weight excluding hydrogens is 238 g/mol. The molecule has 4 heteroatoms. The maximum atomic E-state index is 12.0. The van der Waals surface area contributed by atoms with Crippen molar-refractivity contribution < 1.29 is 4.79 Å². The zero-order valence-electron chi connectivity index (χ0n) is 11.4. The molecule has 1 heterocycles. The molecule has 1 amide bonds. The Morgan fingerprint density at radius 3 is 2.42 bits per heavy atom. The highest BCUT2D eigenvalue weighted by Gasteiger charge is 2.13. The summed E-state index contributed by atoms with van der Waals surface area (Å²) < 4.78 is 0. The maximum Gasteiger partial charge on any atom is 0.272 e. The largest absolute Gasteiger partial charge is 0.379 e. The number of amides is 1. The number of nitrogens with one attached hydrogen (secondary N) is 3. The molecule has 0 radical (unpaired) electrons. The predicted octanol–water partition coefficient (Wildman–Crippen LogP) is 3.48. The van der Waals surface area contributed by atoms with Crippen molar-refractivity contribution in [2.45, 2.75) is 26.3 Å². The average molecular weight is 257 g/mol. The number of H-pyrrole nitrogens is 1. The van der Waals surface area contributed by atoms with Crippen molar-refractivity contribution in [2.75, 3.05) is 10.6 Å². The van der Waals surface area contributed by atoms with Crippen LogP contribution >= 0.6 is 0 Å². The van der Waals surface area contributed by atoms with Gasteiger partial charge in [-0.25, -0.2) is 0 Å². The average Bonchev–Trinajstić information content (AvgIpc) is 2.76. The Morgan fingerprint density at radius 2 is 1.79 bits per heavy atom. The Hall–Kier alpha value is -2.23. The van der Waals surface area contributed by atoms with E-state index in [2.05, 4.69) is 36.4 Å². The van der Waals surface area contributed by atoms with Gasteiger partial charge in [-0.2, -0.15) is 0 Å². The first-order chi connectivity index (χ1) is 8.94. The lowest BCUT2D eigenvalue weighted by Gasteiger charge is -2.20. The van der Waals surface area contributed by atoms with Crippen molar-refractivity contribution >= 4 is 17.3 Å². The second-order valence-electron chi connectivity index (χ2n) is 5.50. The lowest BCUT2D eigenvalue weighted by molar-refractivity contribution is 0.102. The smallest absolute Gasteiger partial charge is 0.272 e. The number of benzene rings is 1. The monoisotopic (exact) mass is 257 g/mol. The predicted molar refractivity (Wildman–Crippen MR) is 78.6 cm³/mol. The minimum atomic E-state index is -0.145. The molecule has 0 unspecified atom stereocenters. The summed E-state index contributed by atoms with van der Waals surface area (Å²) in [5, 5.41) is 6.15. The van der Waals surface area contributed by atoms with Gasteiger partial charge in [-0.05, 0) is 39.0 Å². The molecule has 0 spiro atoms. The molecule has 2 aromatic rings. The molecule has 0 saturated heterocycles. The van der Waals surface area contributed by atoms with Gasteiger partial charge in [0.05, 0.1) is 5.69 Å². The van der Waals surface area contributed by atoms with Gasteiger partial charge in [0.2, 0.25) is 0 Å².